The van der Waals surface area contributed by atoms with Gasteiger partial charge in [0.2, 0.25) is 0 Å². The number of methoxy groups -OCH3 is 2. The van der Waals surface area contributed by atoms with Crippen LogP contribution in [0.15, 0.2) is 130 Å². The van der Waals surface area contributed by atoms with Crippen molar-refractivity contribution in [3.63, 3.8) is 0 Å². The molecule has 388 valence electrons. The number of anilines is 2. The third-order valence-electron chi connectivity index (χ3n) is 11.9. The van der Waals surface area contributed by atoms with Gasteiger partial charge in [0.25, 0.3) is 37.5 Å². The Morgan fingerprint density at radius 1 is 0.644 bits per heavy atom. The van der Waals surface area contributed by atoms with Crippen LogP contribution in [0.25, 0.3) is 0 Å². The second kappa shape index (κ2) is 24.0. The molecular formula is C49H52F3N7O10S4. The highest BCUT2D eigenvalue weighted by molar-refractivity contribution is 7.91. The third-order valence-corrected chi connectivity index (χ3v) is 18.8. The number of alkyl halides is 3. The van der Waals surface area contributed by atoms with E-state index in [-0.39, 0.29) is 69.9 Å². The number of para-hydroxylation sites is 1. The number of carbonyl (C=O) groups excluding carboxylic acids is 2. The molecule has 4 aromatic carbocycles. The summed E-state index contributed by atoms with van der Waals surface area (Å²) in [4.78, 5) is 36.8. The van der Waals surface area contributed by atoms with Crippen molar-refractivity contribution in [1.82, 2.24) is 19.2 Å². The van der Waals surface area contributed by atoms with E-state index in [0.29, 0.717) is 72.0 Å². The third kappa shape index (κ3) is 14.1. The van der Waals surface area contributed by atoms with Crippen LogP contribution in [0, 0.1) is 10.1 Å². The van der Waals surface area contributed by atoms with E-state index in [1.54, 1.807) is 78.9 Å². The molecule has 4 N–H and O–H groups in total. The van der Waals surface area contributed by atoms with Crippen molar-refractivity contribution >= 4 is 71.6 Å². The first kappa shape index (κ1) is 54.2. The number of sulfonamides is 2. The molecule has 2 aliphatic heterocycles. The number of piperidine rings is 2. The fraction of sp³-hybridized carbons (Fsp3) is 0.306. The lowest BCUT2D eigenvalue weighted by Crippen LogP contribution is -2.42. The molecule has 0 saturated carbocycles. The Labute approximate surface area is 428 Å². The topological polar surface area (TPSA) is 219 Å². The van der Waals surface area contributed by atoms with Gasteiger partial charge in [0, 0.05) is 82.7 Å². The molecule has 17 nitrogen and oxygen atoms in total. The second-order valence-electron chi connectivity index (χ2n) is 16.8. The van der Waals surface area contributed by atoms with E-state index in [0.717, 1.165) is 33.6 Å². The molecule has 8 rings (SSSR count). The Bertz CT molecular complexity index is 3120. The van der Waals surface area contributed by atoms with Crippen LogP contribution < -0.4 is 30.7 Å². The van der Waals surface area contributed by atoms with Crippen molar-refractivity contribution in [2.45, 2.75) is 65.5 Å². The number of non-ortho nitro benzene ring substituents is 1. The van der Waals surface area contributed by atoms with E-state index >= 15 is 0 Å². The van der Waals surface area contributed by atoms with E-state index in [9.17, 15) is 49.7 Å². The Morgan fingerprint density at radius 3 is 1.58 bits per heavy atom. The van der Waals surface area contributed by atoms with E-state index in [1.807, 2.05) is 0 Å². The number of benzene rings is 4. The maximum atomic E-state index is 13.3. The molecule has 0 aliphatic carbocycles. The SMILES string of the molecule is COc1cccc(C(=O)NCc2ccc(S(=O)(=O)N3CCC(Nc4cccc([N+](=O)[O-])c4)CC3)s2)c1.COc1cccc(C(=O)NCc2ccc(S(=O)(=O)N3CCC(Nc4ccccc4C(F)(F)F)CC3)s2)c1. The predicted octanol–water partition coefficient (Wildman–Crippen LogP) is 8.83. The van der Waals surface area contributed by atoms with Gasteiger partial charge in [-0.15, -0.1) is 22.7 Å². The summed E-state index contributed by atoms with van der Waals surface area (Å²) >= 11 is 2.21. The minimum absolute atomic E-state index is 0.00444. The van der Waals surface area contributed by atoms with Crippen LogP contribution in [0.5, 0.6) is 11.5 Å². The van der Waals surface area contributed by atoms with Crippen LogP contribution in [0.2, 0.25) is 0 Å². The van der Waals surface area contributed by atoms with Crippen molar-refractivity contribution in [3.05, 3.63) is 158 Å². The smallest absolute Gasteiger partial charge is 0.418 e. The summed E-state index contributed by atoms with van der Waals surface area (Å²) in [6, 6.07) is 31.2. The maximum Gasteiger partial charge on any atom is 0.418 e. The van der Waals surface area contributed by atoms with Crippen LogP contribution in [0.4, 0.5) is 30.2 Å². The first-order valence-corrected chi connectivity index (χ1v) is 27.3. The largest absolute Gasteiger partial charge is 0.497 e. The molecule has 4 heterocycles. The molecule has 0 radical (unpaired) electrons. The first-order valence-electron chi connectivity index (χ1n) is 22.8. The molecule has 2 aliphatic rings. The number of hydrogen-bond donors (Lipinski definition) is 4. The van der Waals surface area contributed by atoms with Crippen molar-refractivity contribution in [1.29, 1.82) is 0 Å². The Kier molecular flexibility index (Phi) is 17.8. The molecule has 0 bridgehead atoms. The Morgan fingerprint density at radius 2 is 1.11 bits per heavy atom. The number of hydrogen-bond acceptors (Lipinski definition) is 14. The van der Waals surface area contributed by atoms with Gasteiger partial charge < -0.3 is 30.7 Å². The zero-order chi connectivity index (χ0) is 52.3. The Balaban J connectivity index is 0.000000214. The average Bonchev–Trinajstić information content (AvgIpc) is 4.10. The van der Waals surface area contributed by atoms with Crippen molar-refractivity contribution < 1.29 is 54.0 Å². The summed E-state index contributed by atoms with van der Waals surface area (Å²) in [5.41, 5.74) is 0.792. The minimum Gasteiger partial charge on any atom is -0.497 e. The summed E-state index contributed by atoms with van der Waals surface area (Å²) in [6.45, 7) is 1.44. The summed E-state index contributed by atoms with van der Waals surface area (Å²) < 4.78 is 106. The first-order chi connectivity index (χ1) is 34.8. The minimum atomic E-state index is -4.47. The van der Waals surface area contributed by atoms with Crippen LogP contribution in [-0.2, 0) is 39.3 Å². The highest BCUT2D eigenvalue weighted by Crippen LogP contribution is 2.36. The number of nitrogens with zero attached hydrogens (tertiary/aromatic N) is 3. The highest BCUT2D eigenvalue weighted by Gasteiger charge is 2.36. The van der Waals surface area contributed by atoms with E-state index in [1.165, 1.54) is 59.2 Å². The zero-order valence-electron chi connectivity index (χ0n) is 39.5. The van der Waals surface area contributed by atoms with Crippen LogP contribution in [-0.4, -0.2) is 94.7 Å². The van der Waals surface area contributed by atoms with Crippen LogP contribution >= 0.6 is 22.7 Å². The van der Waals surface area contributed by atoms with Gasteiger partial charge in [-0.3, -0.25) is 19.7 Å². The molecule has 2 aromatic heterocycles. The maximum absolute atomic E-state index is 13.3. The van der Waals surface area contributed by atoms with Gasteiger partial charge in [-0.2, -0.15) is 21.8 Å². The van der Waals surface area contributed by atoms with E-state index in [2.05, 4.69) is 21.3 Å². The lowest BCUT2D eigenvalue weighted by molar-refractivity contribution is -0.384. The number of carbonyl (C=O) groups is 2. The lowest BCUT2D eigenvalue weighted by Gasteiger charge is -2.32. The standard InChI is InChI=1S/C25H26F3N3O4S2.C24H26N4O6S2/c1-35-19-6-4-5-17(15-19)24(32)29-16-20-9-10-23(36-20)37(33,34)31-13-11-18(12-14-31)30-22-8-3-2-7-21(22)25(26,27)28;1-34-21-7-2-4-17(14-21)24(29)25-16-22-8-9-23(35-22)36(32,33)27-12-10-18(11-13-27)26-19-5-3-6-20(15-19)28(30)31/h2-10,15,18,30H,11-14,16H2,1H3,(H,29,32);2-9,14-15,18,26H,10-13,16H2,1H3,(H,25,29). The number of nitro groups is 1. The van der Waals surface area contributed by atoms with Crippen LogP contribution in [0.1, 0.15) is 61.7 Å². The van der Waals surface area contributed by atoms with Gasteiger partial charge in [0.05, 0.1) is 37.8 Å². The number of nitrogens with one attached hydrogen (secondary N) is 4. The molecule has 2 saturated heterocycles. The molecule has 2 fully saturated rings. The fourth-order valence-electron chi connectivity index (χ4n) is 8.01. The molecule has 0 atom stereocenters. The number of halogens is 3. The summed E-state index contributed by atoms with van der Waals surface area (Å²) in [5.74, 6) is 0.556. The zero-order valence-corrected chi connectivity index (χ0v) is 42.7. The monoisotopic (exact) mass is 1080 g/mol. The number of rotatable bonds is 17. The lowest BCUT2D eigenvalue weighted by atomic mass is 10.0. The average molecular weight is 1080 g/mol. The number of ether oxygens (including phenoxy) is 2. The molecule has 6 aromatic rings. The molecular weight excluding hydrogens is 1030 g/mol. The quantitative estimate of drug-likeness (QED) is 0.0498. The predicted molar refractivity (Wildman–Crippen MR) is 272 cm³/mol. The molecule has 0 spiro atoms. The summed E-state index contributed by atoms with van der Waals surface area (Å²) in [7, 11) is -4.36. The van der Waals surface area contributed by atoms with Crippen molar-refractivity contribution in [3.8, 4) is 11.5 Å². The van der Waals surface area contributed by atoms with Gasteiger partial charge in [-0.1, -0.05) is 30.3 Å². The number of nitro benzene ring substituents is 1. The van der Waals surface area contributed by atoms with Gasteiger partial charge in [0.1, 0.15) is 19.9 Å². The number of thiophene rings is 2. The fourth-order valence-corrected chi connectivity index (χ4v) is 13.8. The Hall–Kier alpha value is -6.57. The van der Waals surface area contributed by atoms with Crippen LogP contribution in [0.3, 0.4) is 0 Å². The van der Waals surface area contributed by atoms with E-state index in [4.69, 9.17) is 9.47 Å². The molecule has 73 heavy (non-hydrogen) atoms. The highest BCUT2D eigenvalue weighted by atomic mass is 32.3. The summed E-state index contributed by atoms with van der Waals surface area (Å²) in [6.07, 6.45) is -2.56. The molecule has 24 heteroatoms. The second-order valence-corrected chi connectivity index (χ2v) is 23.4. The van der Waals surface area contributed by atoms with Gasteiger partial charge in [-0.05, 0) is 105 Å². The van der Waals surface area contributed by atoms with E-state index < -0.39 is 36.7 Å². The van der Waals surface area contributed by atoms with Gasteiger partial charge >= 0.3 is 6.18 Å². The van der Waals surface area contributed by atoms with Crippen molar-refractivity contribution in [2.24, 2.45) is 0 Å². The van der Waals surface area contributed by atoms with Crippen molar-refractivity contribution in [2.75, 3.05) is 51.0 Å². The van der Waals surface area contributed by atoms with Gasteiger partial charge in [0.15, 0.2) is 0 Å². The number of amides is 2. The molecule has 0 unspecified atom stereocenters. The van der Waals surface area contributed by atoms with Gasteiger partial charge in [-0.25, -0.2) is 16.8 Å². The summed E-state index contributed by atoms with van der Waals surface area (Å²) in [5, 5.41) is 22.8. The molecule has 2 amide bonds. The normalized spacial score (nSPS) is 15.1.